The SMILES string of the molecule is CC(C)NC(=O)NC(=O)[C@H](C)NC1CCCCCCC1. The van der Waals surface area contributed by atoms with Gasteiger partial charge in [0.15, 0.2) is 0 Å². The van der Waals surface area contributed by atoms with Gasteiger partial charge in [0.25, 0.3) is 0 Å². The van der Waals surface area contributed by atoms with Crippen molar-refractivity contribution >= 4 is 11.9 Å². The molecule has 5 nitrogen and oxygen atoms in total. The van der Waals surface area contributed by atoms with Crippen molar-refractivity contribution in [3.8, 4) is 0 Å². The lowest BCUT2D eigenvalue weighted by Crippen LogP contribution is -2.51. The molecule has 0 saturated heterocycles. The summed E-state index contributed by atoms with van der Waals surface area (Å²) in [6.07, 6.45) is 8.59. The van der Waals surface area contributed by atoms with E-state index in [2.05, 4.69) is 16.0 Å². The Labute approximate surface area is 122 Å². The second-order valence-electron chi connectivity index (χ2n) is 6.05. The Kier molecular flexibility index (Phi) is 7.59. The summed E-state index contributed by atoms with van der Waals surface area (Å²) in [4.78, 5) is 23.4. The van der Waals surface area contributed by atoms with Crippen molar-refractivity contribution in [2.24, 2.45) is 0 Å². The first-order valence-electron chi connectivity index (χ1n) is 7.86. The van der Waals surface area contributed by atoms with E-state index in [-0.39, 0.29) is 18.0 Å². The summed E-state index contributed by atoms with van der Waals surface area (Å²) in [5.41, 5.74) is 0. The third kappa shape index (κ3) is 6.89. The van der Waals surface area contributed by atoms with E-state index >= 15 is 0 Å². The molecule has 0 bridgehead atoms. The number of imide groups is 1. The van der Waals surface area contributed by atoms with E-state index in [1.807, 2.05) is 20.8 Å². The maximum absolute atomic E-state index is 11.9. The lowest BCUT2D eigenvalue weighted by molar-refractivity contribution is -0.121. The van der Waals surface area contributed by atoms with Gasteiger partial charge < -0.3 is 10.6 Å². The minimum Gasteiger partial charge on any atom is -0.336 e. The first kappa shape index (κ1) is 17.0. The van der Waals surface area contributed by atoms with Crippen LogP contribution in [0.15, 0.2) is 0 Å². The van der Waals surface area contributed by atoms with Crippen molar-refractivity contribution < 1.29 is 9.59 Å². The Morgan fingerprint density at radius 2 is 1.50 bits per heavy atom. The van der Waals surface area contributed by atoms with Gasteiger partial charge >= 0.3 is 6.03 Å². The molecule has 116 valence electrons. The molecule has 1 fully saturated rings. The van der Waals surface area contributed by atoms with Crippen molar-refractivity contribution in [2.45, 2.75) is 83.8 Å². The molecule has 0 heterocycles. The first-order valence-corrected chi connectivity index (χ1v) is 7.86. The number of rotatable bonds is 4. The van der Waals surface area contributed by atoms with Crippen LogP contribution in [0.4, 0.5) is 4.79 Å². The van der Waals surface area contributed by atoms with Crippen molar-refractivity contribution in [1.82, 2.24) is 16.0 Å². The topological polar surface area (TPSA) is 70.2 Å². The Balaban J connectivity index is 2.34. The van der Waals surface area contributed by atoms with Crippen LogP contribution in [-0.4, -0.2) is 30.1 Å². The van der Waals surface area contributed by atoms with Gasteiger partial charge in [-0.1, -0.05) is 32.1 Å². The third-order valence-corrected chi connectivity index (χ3v) is 3.64. The van der Waals surface area contributed by atoms with Crippen LogP contribution in [0.25, 0.3) is 0 Å². The van der Waals surface area contributed by atoms with Crippen molar-refractivity contribution in [2.75, 3.05) is 0 Å². The summed E-state index contributed by atoms with van der Waals surface area (Å²) in [5.74, 6) is -0.259. The van der Waals surface area contributed by atoms with E-state index in [4.69, 9.17) is 0 Å². The molecular weight excluding hydrogens is 254 g/mol. The number of carbonyl (C=O) groups is 2. The van der Waals surface area contributed by atoms with Crippen molar-refractivity contribution in [3.63, 3.8) is 0 Å². The number of amides is 3. The molecule has 1 aliphatic carbocycles. The molecule has 20 heavy (non-hydrogen) atoms. The first-order chi connectivity index (χ1) is 9.49. The molecule has 1 atom stereocenters. The molecule has 0 radical (unpaired) electrons. The predicted octanol–water partition coefficient (Wildman–Crippen LogP) is 2.31. The minimum absolute atomic E-state index is 0.0247. The van der Waals surface area contributed by atoms with Gasteiger partial charge in [-0.2, -0.15) is 0 Å². The fourth-order valence-electron chi connectivity index (χ4n) is 2.57. The molecule has 0 aromatic rings. The van der Waals surface area contributed by atoms with Crippen LogP contribution < -0.4 is 16.0 Å². The number of hydrogen-bond donors (Lipinski definition) is 3. The summed E-state index contributed by atoms with van der Waals surface area (Å²) in [6, 6.07) is -0.338. The molecule has 3 N–H and O–H groups in total. The highest BCUT2D eigenvalue weighted by atomic mass is 16.2. The van der Waals surface area contributed by atoms with Gasteiger partial charge in [-0.05, 0) is 33.6 Å². The Bertz CT molecular complexity index is 310. The Hall–Kier alpha value is -1.10. The third-order valence-electron chi connectivity index (χ3n) is 3.64. The largest absolute Gasteiger partial charge is 0.336 e. The van der Waals surface area contributed by atoms with Crippen LogP contribution >= 0.6 is 0 Å². The smallest absolute Gasteiger partial charge is 0.321 e. The van der Waals surface area contributed by atoms with Crippen molar-refractivity contribution in [1.29, 1.82) is 0 Å². The highest BCUT2D eigenvalue weighted by Gasteiger charge is 2.20. The van der Waals surface area contributed by atoms with Gasteiger partial charge in [0.1, 0.15) is 0 Å². The zero-order valence-corrected chi connectivity index (χ0v) is 13.0. The van der Waals surface area contributed by atoms with Crippen LogP contribution in [-0.2, 0) is 4.79 Å². The molecule has 0 aromatic heterocycles. The van der Waals surface area contributed by atoms with Crippen LogP contribution in [0.1, 0.15) is 65.7 Å². The molecule has 1 rings (SSSR count). The van der Waals surface area contributed by atoms with Crippen LogP contribution in [0.2, 0.25) is 0 Å². The fraction of sp³-hybridized carbons (Fsp3) is 0.867. The lowest BCUT2D eigenvalue weighted by Gasteiger charge is -2.24. The zero-order valence-electron chi connectivity index (χ0n) is 13.0. The average molecular weight is 283 g/mol. The highest BCUT2D eigenvalue weighted by molar-refractivity contribution is 5.96. The van der Waals surface area contributed by atoms with E-state index in [1.54, 1.807) is 0 Å². The molecule has 0 aromatic carbocycles. The summed E-state index contributed by atoms with van der Waals surface area (Å²) in [7, 11) is 0. The number of hydrogen-bond acceptors (Lipinski definition) is 3. The van der Waals surface area contributed by atoms with E-state index < -0.39 is 6.03 Å². The Morgan fingerprint density at radius 3 is 2.05 bits per heavy atom. The molecule has 0 spiro atoms. The van der Waals surface area contributed by atoms with Crippen LogP contribution in [0.5, 0.6) is 0 Å². The monoisotopic (exact) mass is 283 g/mol. The standard InChI is InChI=1S/C15H29N3O2/c1-11(2)16-15(20)18-14(19)12(3)17-13-9-7-5-4-6-8-10-13/h11-13,17H,4-10H2,1-3H3,(H2,16,18,19,20)/t12-/m0/s1. The second kappa shape index (κ2) is 8.95. The number of nitrogens with one attached hydrogen (secondary N) is 3. The predicted molar refractivity (Wildman–Crippen MR) is 80.5 cm³/mol. The van der Waals surface area contributed by atoms with E-state index in [0.717, 1.165) is 12.8 Å². The van der Waals surface area contributed by atoms with E-state index in [0.29, 0.717) is 6.04 Å². The molecule has 1 saturated carbocycles. The molecule has 0 unspecified atom stereocenters. The summed E-state index contributed by atoms with van der Waals surface area (Å²) in [5, 5.41) is 8.38. The molecule has 3 amide bonds. The fourth-order valence-corrected chi connectivity index (χ4v) is 2.57. The molecular formula is C15H29N3O2. The Morgan fingerprint density at radius 1 is 0.950 bits per heavy atom. The van der Waals surface area contributed by atoms with Gasteiger partial charge in [0, 0.05) is 12.1 Å². The summed E-state index contributed by atoms with van der Waals surface area (Å²) < 4.78 is 0. The van der Waals surface area contributed by atoms with Gasteiger partial charge in [-0.3, -0.25) is 10.1 Å². The number of urea groups is 1. The second-order valence-corrected chi connectivity index (χ2v) is 6.05. The average Bonchev–Trinajstić information content (AvgIpc) is 2.30. The zero-order chi connectivity index (χ0) is 15.0. The van der Waals surface area contributed by atoms with E-state index in [1.165, 1.54) is 32.1 Å². The summed E-state index contributed by atoms with van der Waals surface area (Å²) in [6.45, 7) is 5.54. The van der Waals surface area contributed by atoms with Gasteiger partial charge in [-0.25, -0.2) is 4.79 Å². The van der Waals surface area contributed by atoms with Crippen LogP contribution in [0, 0.1) is 0 Å². The van der Waals surface area contributed by atoms with Gasteiger partial charge in [-0.15, -0.1) is 0 Å². The maximum Gasteiger partial charge on any atom is 0.321 e. The molecule has 0 aliphatic heterocycles. The normalized spacial score (nSPS) is 19.0. The van der Waals surface area contributed by atoms with Gasteiger partial charge in [0.2, 0.25) is 5.91 Å². The minimum atomic E-state index is -0.420. The summed E-state index contributed by atoms with van der Waals surface area (Å²) >= 11 is 0. The highest BCUT2D eigenvalue weighted by Crippen LogP contribution is 2.17. The lowest BCUT2D eigenvalue weighted by atomic mass is 9.96. The molecule has 5 heteroatoms. The van der Waals surface area contributed by atoms with Crippen molar-refractivity contribution in [3.05, 3.63) is 0 Å². The quantitative estimate of drug-likeness (QED) is 0.741. The number of carbonyl (C=O) groups excluding carboxylic acids is 2. The maximum atomic E-state index is 11.9. The van der Waals surface area contributed by atoms with Gasteiger partial charge in [0.05, 0.1) is 6.04 Å². The van der Waals surface area contributed by atoms with E-state index in [9.17, 15) is 9.59 Å². The van der Waals surface area contributed by atoms with Crippen LogP contribution in [0.3, 0.4) is 0 Å². The molecule has 1 aliphatic rings.